The third-order valence-electron chi connectivity index (χ3n) is 3.61. The van der Waals surface area contributed by atoms with Crippen LogP contribution in [0.1, 0.15) is 31.2 Å². The Balaban J connectivity index is 1.71. The van der Waals surface area contributed by atoms with Gasteiger partial charge in [-0.25, -0.2) is 4.98 Å². The molecule has 0 aliphatic carbocycles. The molecule has 3 rings (SSSR count). The van der Waals surface area contributed by atoms with Gasteiger partial charge in [0.25, 0.3) is 5.56 Å². The molecule has 6 nitrogen and oxygen atoms in total. The molecule has 1 amide bonds. The summed E-state index contributed by atoms with van der Waals surface area (Å²) < 4.78 is 7.31. The zero-order valence-electron chi connectivity index (χ0n) is 14.1. The largest absolute Gasteiger partial charge is 0.487 e. The number of hydrogen-bond donors (Lipinski definition) is 1. The number of amides is 1. The summed E-state index contributed by atoms with van der Waals surface area (Å²) in [6.45, 7) is 4.02. The number of nitrogens with zero attached hydrogens (tertiary/aromatic N) is 2. The van der Waals surface area contributed by atoms with Crippen LogP contribution >= 0.6 is 11.3 Å². The molecule has 0 spiro atoms. The molecule has 2 heterocycles. The number of thiazole rings is 1. The van der Waals surface area contributed by atoms with Crippen LogP contribution in [-0.4, -0.2) is 15.3 Å². The van der Waals surface area contributed by atoms with Gasteiger partial charge in [0.15, 0.2) is 4.96 Å². The van der Waals surface area contributed by atoms with E-state index in [4.69, 9.17) is 4.74 Å². The number of fused-ring (bicyclic) bond motifs is 1. The summed E-state index contributed by atoms with van der Waals surface area (Å²) >= 11 is 1.43. The van der Waals surface area contributed by atoms with Gasteiger partial charge >= 0.3 is 0 Å². The molecule has 2 aromatic heterocycles. The van der Waals surface area contributed by atoms with Crippen LogP contribution in [0.25, 0.3) is 4.96 Å². The number of hydrogen-bond acceptors (Lipinski definition) is 5. The van der Waals surface area contributed by atoms with E-state index in [0.29, 0.717) is 28.5 Å². The quantitative estimate of drug-likeness (QED) is 0.734. The van der Waals surface area contributed by atoms with Crippen LogP contribution in [0.5, 0.6) is 5.75 Å². The number of ether oxygens (including phenoxy) is 1. The fourth-order valence-corrected chi connectivity index (χ4v) is 3.34. The first-order valence-corrected chi connectivity index (χ1v) is 8.94. The molecule has 0 radical (unpaired) electrons. The first kappa shape index (κ1) is 17.2. The van der Waals surface area contributed by atoms with Crippen molar-refractivity contribution in [1.82, 2.24) is 9.38 Å². The summed E-state index contributed by atoms with van der Waals surface area (Å²) in [4.78, 5) is 28.9. The summed E-state index contributed by atoms with van der Waals surface area (Å²) in [5, 5.41) is 4.73. The summed E-state index contributed by atoms with van der Waals surface area (Å²) in [6.07, 6.45) is 1.28. The Morgan fingerprint density at radius 1 is 1.36 bits per heavy atom. The molecule has 0 saturated carbocycles. The van der Waals surface area contributed by atoms with Crippen LogP contribution in [0.4, 0.5) is 5.69 Å². The normalized spacial score (nSPS) is 10.8. The van der Waals surface area contributed by atoms with E-state index in [2.05, 4.69) is 10.3 Å². The number of rotatable bonds is 6. The number of carbonyl (C=O) groups excluding carboxylic acids is 1. The second-order valence-corrected chi connectivity index (χ2v) is 6.53. The number of benzene rings is 1. The molecule has 0 bridgehead atoms. The maximum absolute atomic E-state index is 12.2. The molecule has 0 unspecified atom stereocenters. The lowest BCUT2D eigenvalue weighted by Gasteiger charge is -2.09. The third-order valence-corrected chi connectivity index (χ3v) is 4.55. The predicted molar refractivity (Wildman–Crippen MR) is 98.4 cm³/mol. The minimum absolute atomic E-state index is 0.0205. The van der Waals surface area contributed by atoms with Gasteiger partial charge in [-0.15, -0.1) is 11.3 Å². The van der Waals surface area contributed by atoms with Gasteiger partial charge in [0, 0.05) is 35.3 Å². The van der Waals surface area contributed by atoms with Crippen LogP contribution in [0, 0.1) is 6.92 Å². The molecule has 0 saturated heterocycles. The second-order valence-electron chi connectivity index (χ2n) is 5.70. The highest BCUT2D eigenvalue weighted by molar-refractivity contribution is 7.15. The van der Waals surface area contributed by atoms with Gasteiger partial charge in [-0.2, -0.15) is 0 Å². The van der Waals surface area contributed by atoms with Crippen molar-refractivity contribution in [2.45, 2.75) is 33.3 Å². The Labute approximate surface area is 149 Å². The van der Waals surface area contributed by atoms with E-state index in [1.165, 1.54) is 17.4 Å². The van der Waals surface area contributed by atoms with E-state index >= 15 is 0 Å². The first-order valence-electron chi connectivity index (χ1n) is 8.06. The van der Waals surface area contributed by atoms with E-state index in [1.807, 2.05) is 31.4 Å². The van der Waals surface area contributed by atoms with Gasteiger partial charge in [-0.1, -0.05) is 13.0 Å². The number of carbonyl (C=O) groups is 1. The molecule has 25 heavy (non-hydrogen) atoms. The maximum atomic E-state index is 12.2. The highest BCUT2D eigenvalue weighted by Crippen LogP contribution is 2.19. The van der Waals surface area contributed by atoms with E-state index in [-0.39, 0.29) is 18.1 Å². The van der Waals surface area contributed by atoms with Gasteiger partial charge in [0.1, 0.15) is 12.4 Å². The molecular formula is C18H19N3O3S. The lowest BCUT2D eigenvalue weighted by molar-refractivity contribution is -0.116. The molecule has 7 heteroatoms. The third kappa shape index (κ3) is 4.06. The molecule has 0 fully saturated rings. The van der Waals surface area contributed by atoms with Crippen molar-refractivity contribution in [3.63, 3.8) is 0 Å². The monoisotopic (exact) mass is 357 g/mol. The zero-order chi connectivity index (χ0) is 17.8. The fraction of sp³-hybridized carbons (Fsp3) is 0.278. The van der Waals surface area contributed by atoms with E-state index in [0.717, 1.165) is 12.1 Å². The van der Waals surface area contributed by atoms with Gasteiger partial charge in [0.05, 0.1) is 5.69 Å². The van der Waals surface area contributed by atoms with Crippen LogP contribution in [0.15, 0.2) is 40.5 Å². The van der Waals surface area contributed by atoms with Crippen LogP contribution in [-0.2, 0) is 11.4 Å². The number of anilines is 1. The summed E-state index contributed by atoms with van der Waals surface area (Å²) in [5.41, 5.74) is 2.03. The van der Waals surface area contributed by atoms with Crippen LogP contribution < -0.4 is 15.6 Å². The van der Waals surface area contributed by atoms with Gasteiger partial charge in [-0.3, -0.25) is 14.0 Å². The van der Waals surface area contributed by atoms with Crippen molar-refractivity contribution < 1.29 is 9.53 Å². The Bertz CT molecular complexity index is 962. The second kappa shape index (κ2) is 7.48. The molecule has 130 valence electrons. The minimum Gasteiger partial charge on any atom is -0.487 e. The summed E-state index contributed by atoms with van der Waals surface area (Å²) in [6, 6.07) is 8.67. The minimum atomic E-state index is -0.108. The lowest BCUT2D eigenvalue weighted by Crippen LogP contribution is -2.16. The number of aromatic nitrogens is 2. The van der Waals surface area contributed by atoms with E-state index < -0.39 is 0 Å². The van der Waals surface area contributed by atoms with Gasteiger partial charge in [0.2, 0.25) is 5.91 Å². The number of nitrogens with one attached hydrogen (secondary N) is 1. The first-order chi connectivity index (χ1) is 12.1. The Morgan fingerprint density at radius 2 is 2.20 bits per heavy atom. The molecule has 0 aliphatic rings. The Kier molecular flexibility index (Phi) is 5.14. The zero-order valence-corrected chi connectivity index (χ0v) is 14.9. The smallest absolute Gasteiger partial charge is 0.259 e. The van der Waals surface area contributed by atoms with Crippen molar-refractivity contribution in [1.29, 1.82) is 0 Å². The summed E-state index contributed by atoms with van der Waals surface area (Å²) in [7, 11) is 0. The molecule has 0 atom stereocenters. The van der Waals surface area contributed by atoms with Crippen molar-refractivity contribution in [2.75, 3.05) is 5.32 Å². The summed E-state index contributed by atoms with van der Waals surface area (Å²) in [5.74, 6) is 0.589. The van der Waals surface area contributed by atoms with Crippen LogP contribution in [0.2, 0.25) is 0 Å². The molecule has 3 aromatic rings. The van der Waals surface area contributed by atoms with Crippen molar-refractivity contribution in [3.8, 4) is 5.75 Å². The van der Waals surface area contributed by atoms with E-state index in [1.54, 1.807) is 16.5 Å². The Morgan fingerprint density at radius 3 is 3.00 bits per heavy atom. The number of aryl methyl sites for hydroxylation is 1. The van der Waals surface area contributed by atoms with Crippen molar-refractivity contribution in [3.05, 3.63) is 57.5 Å². The topological polar surface area (TPSA) is 72.7 Å². The van der Waals surface area contributed by atoms with Gasteiger partial charge < -0.3 is 10.1 Å². The average Bonchev–Trinajstić information content (AvgIpc) is 2.95. The molecular weight excluding hydrogens is 338 g/mol. The molecule has 1 N–H and O–H groups in total. The highest BCUT2D eigenvalue weighted by Gasteiger charge is 2.07. The molecule has 1 aromatic carbocycles. The maximum Gasteiger partial charge on any atom is 0.259 e. The van der Waals surface area contributed by atoms with E-state index in [9.17, 15) is 9.59 Å². The van der Waals surface area contributed by atoms with Crippen molar-refractivity contribution in [2.24, 2.45) is 0 Å². The van der Waals surface area contributed by atoms with Gasteiger partial charge in [-0.05, 0) is 25.5 Å². The Hall–Kier alpha value is -2.67. The predicted octanol–water partition coefficient (Wildman–Crippen LogP) is 3.38. The van der Waals surface area contributed by atoms with Crippen molar-refractivity contribution >= 4 is 27.9 Å². The fourth-order valence-electron chi connectivity index (χ4n) is 2.45. The standard InChI is InChI=1S/C18H19N3O3S/c1-3-5-16(22)19-13-6-4-7-15(8-13)24-10-14-9-17(23)21-12(2)11-25-18(21)20-14/h4,6-9,11H,3,5,10H2,1-2H3,(H,19,22). The lowest BCUT2D eigenvalue weighted by atomic mass is 10.2. The molecule has 0 aliphatic heterocycles. The van der Waals surface area contributed by atoms with Crippen LogP contribution in [0.3, 0.4) is 0 Å². The average molecular weight is 357 g/mol. The highest BCUT2D eigenvalue weighted by atomic mass is 32.1. The SMILES string of the molecule is CCCC(=O)Nc1cccc(OCc2cc(=O)n3c(C)csc3n2)c1.